The molecule has 0 bridgehead atoms. The van der Waals surface area contributed by atoms with Gasteiger partial charge in [-0.25, -0.2) is 0 Å². The first-order chi connectivity index (χ1) is 8.39. The standard InChI is InChI=1S/C13H16N4S/c1-13(2,3)17-8-9(12(14)18)11(16-17)10-6-4-5-7-15-10/h4-8H,1-3H3,(H2,14,18). The highest BCUT2D eigenvalue weighted by molar-refractivity contribution is 7.80. The number of nitrogens with two attached hydrogens (primary N) is 1. The summed E-state index contributed by atoms with van der Waals surface area (Å²) in [6, 6.07) is 5.68. The predicted molar refractivity (Wildman–Crippen MR) is 76.3 cm³/mol. The van der Waals surface area contributed by atoms with Crippen LogP contribution >= 0.6 is 12.2 Å². The van der Waals surface area contributed by atoms with Crippen LogP contribution in [-0.4, -0.2) is 19.8 Å². The van der Waals surface area contributed by atoms with E-state index >= 15 is 0 Å². The van der Waals surface area contributed by atoms with Gasteiger partial charge in [0.25, 0.3) is 0 Å². The van der Waals surface area contributed by atoms with Gasteiger partial charge in [0.1, 0.15) is 10.7 Å². The quantitative estimate of drug-likeness (QED) is 0.842. The van der Waals surface area contributed by atoms with E-state index in [1.165, 1.54) is 0 Å². The van der Waals surface area contributed by atoms with Gasteiger partial charge in [0, 0.05) is 12.4 Å². The Balaban J connectivity index is 2.60. The molecule has 0 aromatic carbocycles. The van der Waals surface area contributed by atoms with Crippen molar-refractivity contribution in [3.63, 3.8) is 0 Å². The summed E-state index contributed by atoms with van der Waals surface area (Å²) in [7, 11) is 0. The molecule has 2 N–H and O–H groups in total. The van der Waals surface area contributed by atoms with Crippen molar-refractivity contribution in [2.75, 3.05) is 0 Å². The smallest absolute Gasteiger partial charge is 0.121 e. The molecule has 0 amide bonds. The number of hydrogen-bond donors (Lipinski definition) is 1. The maximum absolute atomic E-state index is 5.76. The Morgan fingerprint density at radius 3 is 2.56 bits per heavy atom. The number of rotatable bonds is 2. The average Bonchev–Trinajstić information content (AvgIpc) is 2.74. The van der Waals surface area contributed by atoms with E-state index < -0.39 is 0 Å². The van der Waals surface area contributed by atoms with E-state index in [0.717, 1.165) is 17.0 Å². The SMILES string of the molecule is CC(C)(C)n1cc(C(N)=S)c(-c2ccccn2)n1. The number of hydrogen-bond acceptors (Lipinski definition) is 3. The maximum atomic E-state index is 5.76. The van der Waals surface area contributed by atoms with Crippen LogP contribution in [-0.2, 0) is 5.54 Å². The normalized spacial score (nSPS) is 11.5. The third-order valence-electron chi connectivity index (χ3n) is 2.57. The van der Waals surface area contributed by atoms with E-state index in [2.05, 4.69) is 30.9 Å². The van der Waals surface area contributed by atoms with Crippen LogP contribution in [0.2, 0.25) is 0 Å². The molecule has 2 heterocycles. The Kier molecular flexibility index (Phi) is 3.17. The van der Waals surface area contributed by atoms with Crippen molar-refractivity contribution in [3.05, 3.63) is 36.2 Å². The zero-order chi connectivity index (χ0) is 13.3. The largest absolute Gasteiger partial charge is 0.389 e. The minimum Gasteiger partial charge on any atom is -0.389 e. The molecule has 0 saturated heterocycles. The molecule has 0 radical (unpaired) electrons. The first-order valence-corrected chi connectivity index (χ1v) is 6.12. The molecule has 2 aromatic rings. The van der Waals surface area contributed by atoms with E-state index in [1.807, 2.05) is 29.1 Å². The summed E-state index contributed by atoms with van der Waals surface area (Å²) in [4.78, 5) is 4.64. The maximum Gasteiger partial charge on any atom is 0.121 e. The van der Waals surface area contributed by atoms with Crippen molar-refractivity contribution in [2.45, 2.75) is 26.3 Å². The van der Waals surface area contributed by atoms with E-state index in [-0.39, 0.29) is 5.54 Å². The lowest BCUT2D eigenvalue weighted by Gasteiger charge is -2.18. The van der Waals surface area contributed by atoms with E-state index in [1.54, 1.807) is 6.20 Å². The van der Waals surface area contributed by atoms with Crippen molar-refractivity contribution >= 4 is 17.2 Å². The van der Waals surface area contributed by atoms with Crippen LogP contribution in [0.3, 0.4) is 0 Å². The highest BCUT2D eigenvalue weighted by Gasteiger charge is 2.20. The van der Waals surface area contributed by atoms with Gasteiger partial charge >= 0.3 is 0 Å². The van der Waals surface area contributed by atoms with Crippen molar-refractivity contribution in [1.29, 1.82) is 0 Å². The molecular weight excluding hydrogens is 244 g/mol. The van der Waals surface area contributed by atoms with E-state index in [4.69, 9.17) is 18.0 Å². The van der Waals surface area contributed by atoms with Gasteiger partial charge in [-0.05, 0) is 32.9 Å². The summed E-state index contributed by atoms with van der Waals surface area (Å²) < 4.78 is 1.87. The first-order valence-electron chi connectivity index (χ1n) is 5.71. The molecule has 94 valence electrons. The molecule has 0 aliphatic heterocycles. The molecule has 0 atom stereocenters. The molecule has 4 nitrogen and oxygen atoms in total. The third kappa shape index (κ3) is 2.41. The first kappa shape index (κ1) is 12.7. The van der Waals surface area contributed by atoms with Gasteiger partial charge in [-0.3, -0.25) is 9.67 Å². The summed E-state index contributed by atoms with van der Waals surface area (Å²) in [5, 5.41) is 4.56. The second-order valence-corrected chi connectivity index (χ2v) is 5.53. The molecule has 0 aliphatic rings. The predicted octanol–water partition coefficient (Wildman–Crippen LogP) is 2.33. The average molecular weight is 260 g/mol. The van der Waals surface area contributed by atoms with Gasteiger partial charge in [0.2, 0.25) is 0 Å². The molecule has 18 heavy (non-hydrogen) atoms. The lowest BCUT2D eigenvalue weighted by atomic mass is 10.1. The summed E-state index contributed by atoms with van der Waals surface area (Å²) in [5.74, 6) is 0. The lowest BCUT2D eigenvalue weighted by Crippen LogP contribution is -2.22. The van der Waals surface area contributed by atoms with Crippen LogP contribution in [0.4, 0.5) is 0 Å². The number of thiocarbonyl (C=S) groups is 1. The molecular formula is C13H16N4S. The van der Waals surface area contributed by atoms with Crippen LogP contribution in [0, 0.1) is 0 Å². The lowest BCUT2D eigenvalue weighted by molar-refractivity contribution is 0.356. The summed E-state index contributed by atoms with van der Waals surface area (Å²) >= 11 is 5.08. The Labute approximate surface area is 112 Å². The molecule has 0 saturated carbocycles. The molecule has 0 unspecified atom stereocenters. The van der Waals surface area contributed by atoms with Gasteiger partial charge in [-0.15, -0.1) is 0 Å². The second-order valence-electron chi connectivity index (χ2n) is 5.09. The summed E-state index contributed by atoms with van der Waals surface area (Å²) in [5.41, 5.74) is 7.92. The molecule has 5 heteroatoms. The summed E-state index contributed by atoms with van der Waals surface area (Å²) in [6.07, 6.45) is 3.61. The van der Waals surface area contributed by atoms with Crippen molar-refractivity contribution in [2.24, 2.45) is 5.73 Å². The van der Waals surface area contributed by atoms with Crippen molar-refractivity contribution < 1.29 is 0 Å². The van der Waals surface area contributed by atoms with E-state index in [0.29, 0.717) is 4.99 Å². The minimum absolute atomic E-state index is 0.118. The van der Waals surface area contributed by atoms with Crippen LogP contribution in [0.1, 0.15) is 26.3 Å². The van der Waals surface area contributed by atoms with E-state index in [9.17, 15) is 0 Å². The van der Waals surface area contributed by atoms with Gasteiger partial charge in [-0.1, -0.05) is 18.3 Å². The van der Waals surface area contributed by atoms with Crippen LogP contribution in [0.15, 0.2) is 30.6 Å². The zero-order valence-electron chi connectivity index (χ0n) is 10.7. The Hall–Kier alpha value is -1.75. The topological polar surface area (TPSA) is 56.7 Å². The van der Waals surface area contributed by atoms with Crippen LogP contribution in [0.5, 0.6) is 0 Å². The minimum atomic E-state index is -0.118. The molecule has 0 aliphatic carbocycles. The monoisotopic (exact) mass is 260 g/mol. The Morgan fingerprint density at radius 2 is 2.06 bits per heavy atom. The van der Waals surface area contributed by atoms with Crippen LogP contribution < -0.4 is 5.73 Å². The number of nitrogens with zero attached hydrogens (tertiary/aromatic N) is 3. The Morgan fingerprint density at radius 1 is 1.33 bits per heavy atom. The van der Waals surface area contributed by atoms with Gasteiger partial charge in [0.15, 0.2) is 0 Å². The number of pyridine rings is 1. The fraction of sp³-hybridized carbons (Fsp3) is 0.308. The molecule has 2 aromatic heterocycles. The third-order valence-corrected chi connectivity index (χ3v) is 2.79. The fourth-order valence-corrected chi connectivity index (χ4v) is 1.74. The highest BCUT2D eigenvalue weighted by atomic mass is 32.1. The summed E-state index contributed by atoms with van der Waals surface area (Å²) in [6.45, 7) is 6.22. The van der Waals surface area contributed by atoms with Crippen molar-refractivity contribution in [1.82, 2.24) is 14.8 Å². The van der Waals surface area contributed by atoms with Crippen molar-refractivity contribution in [3.8, 4) is 11.4 Å². The Bertz CT molecular complexity index is 566. The molecule has 0 spiro atoms. The molecule has 0 fully saturated rings. The van der Waals surface area contributed by atoms with Crippen LogP contribution in [0.25, 0.3) is 11.4 Å². The number of aromatic nitrogens is 3. The second kappa shape index (κ2) is 4.49. The van der Waals surface area contributed by atoms with Gasteiger partial charge in [-0.2, -0.15) is 5.10 Å². The van der Waals surface area contributed by atoms with Gasteiger partial charge < -0.3 is 5.73 Å². The highest BCUT2D eigenvalue weighted by Crippen LogP contribution is 2.23. The zero-order valence-corrected chi connectivity index (χ0v) is 11.5. The fourth-order valence-electron chi connectivity index (χ4n) is 1.59. The molecule has 2 rings (SSSR count). The van der Waals surface area contributed by atoms with Gasteiger partial charge in [0.05, 0.1) is 16.8 Å².